The minimum atomic E-state index is -0.405. The number of rotatable bonds is 6. The predicted molar refractivity (Wildman–Crippen MR) is 98.7 cm³/mol. The van der Waals surface area contributed by atoms with Crippen molar-refractivity contribution in [2.24, 2.45) is 0 Å². The lowest BCUT2D eigenvalue weighted by atomic mass is 10.2. The van der Waals surface area contributed by atoms with Crippen molar-refractivity contribution < 1.29 is 9.72 Å². The van der Waals surface area contributed by atoms with Crippen molar-refractivity contribution in [2.45, 2.75) is 24.0 Å². The van der Waals surface area contributed by atoms with E-state index in [4.69, 9.17) is 0 Å². The van der Waals surface area contributed by atoms with Crippen LogP contribution in [0.1, 0.15) is 18.9 Å². The van der Waals surface area contributed by atoms with Crippen molar-refractivity contribution in [1.82, 2.24) is 25.1 Å². The van der Waals surface area contributed by atoms with E-state index in [0.29, 0.717) is 43.1 Å². The molecule has 1 saturated carbocycles. The number of hydrogen-bond acceptors (Lipinski definition) is 8. The predicted octanol–water partition coefficient (Wildman–Crippen LogP) is 1.36. The number of tetrazole rings is 1. The molecule has 2 heterocycles. The van der Waals surface area contributed by atoms with E-state index >= 15 is 0 Å². The molecule has 27 heavy (non-hydrogen) atoms. The molecular weight excluding hydrogens is 370 g/mol. The van der Waals surface area contributed by atoms with Crippen molar-refractivity contribution in [3.05, 3.63) is 34.4 Å². The molecule has 0 bridgehead atoms. The fraction of sp³-hybridized carbons (Fsp3) is 0.500. The molecule has 142 valence electrons. The second-order valence-electron chi connectivity index (χ2n) is 6.57. The van der Waals surface area contributed by atoms with E-state index in [1.807, 2.05) is 9.58 Å². The third-order valence-electron chi connectivity index (χ3n) is 4.74. The average Bonchev–Trinajstić information content (AvgIpc) is 3.44. The number of thioether (sulfide) groups is 1. The van der Waals surface area contributed by atoms with Crippen LogP contribution in [0.2, 0.25) is 0 Å². The molecule has 1 aromatic carbocycles. The highest BCUT2D eigenvalue weighted by atomic mass is 32.2. The molecule has 0 spiro atoms. The third-order valence-corrected chi connectivity index (χ3v) is 5.66. The van der Waals surface area contributed by atoms with E-state index in [0.717, 1.165) is 18.5 Å². The Hall–Kier alpha value is -2.69. The Morgan fingerprint density at radius 1 is 1.19 bits per heavy atom. The van der Waals surface area contributed by atoms with Gasteiger partial charge < -0.3 is 9.80 Å². The fourth-order valence-electron chi connectivity index (χ4n) is 3.05. The van der Waals surface area contributed by atoms with Gasteiger partial charge in [-0.1, -0.05) is 11.8 Å². The first-order valence-corrected chi connectivity index (χ1v) is 9.78. The summed E-state index contributed by atoms with van der Waals surface area (Å²) in [5.41, 5.74) is 1.02. The van der Waals surface area contributed by atoms with Crippen LogP contribution in [-0.2, 0) is 4.79 Å². The maximum absolute atomic E-state index is 12.5. The molecule has 1 aromatic heterocycles. The molecule has 0 atom stereocenters. The molecule has 1 amide bonds. The number of benzene rings is 1. The molecule has 10 nitrogen and oxygen atoms in total. The summed E-state index contributed by atoms with van der Waals surface area (Å²) >= 11 is 1.38. The van der Waals surface area contributed by atoms with Gasteiger partial charge in [-0.25, -0.2) is 4.68 Å². The summed E-state index contributed by atoms with van der Waals surface area (Å²) in [5, 5.41) is 23.1. The van der Waals surface area contributed by atoms with Crippen molar-refractivity contribution >= 4 is 29.0 Å². The van der Waals surface area contributed by atoms with Gasteiger partial charge in [0, 0.05) is 44.0 Å². The lowest BCUT2D eigenvalue weighted by Crippen LogP contribution is -2.49. The zero-order valence-electron chi connectivity index (χ0n) is 14.6. The van der Waals surface area contributed by atoms with Crippen LogP contribution in [0, 0.1) is 10.1 Å². The van der Waals surface area contributed by atoms with Crippen LogP contribution >= 0.6 is 11.8 Å². The van der Waals surface area contributed by atoms with Gasteiger partial charge in [-0.3, -0.25) is 14.9 Å². The third kappa shape index (κ3) is 4.02. The smallest absolute Gasteiger partial charge is 0.269 e. The van der Waals surface area contributed by atoms with Crippen LogP contribution in [-0.4, -0.2) is 67.9 Å². The molecule has 1 aliphatic carbocycles. The Morgan fingerprint density at radius 3 is 2.52 bits per heavy atom. The van der Waals surface area contributed by atoms with Crippen LogP contribution in [0.25, 0.3) is 0 Å². The summed E-state index contributed by atoms with van der Waals surface area (Å²) in [6, 6.07) is 6.91. The number of carbonyl (C=O) groups is 1. The maximum atomic E-state index is 12.5. The van der Waals surface area contributed by atoms with Gasteiger partial charge in [0.05, 0.1) is 16.7 Å². The molecule has 4 rings (SSSR count). The topological polar surface area (TPSA) is 110 Å². The Balaban J connectivity index is 1.27. The van der Waals surface area contributed by atoms with E-state index < -0.39 is 4.92 Å². The van der Waals surface area contributed by atoms with Crippen LogP contribution in [0.4, 0.5) is 11.4 Å². The van der Waals surface area contributed by atoms with Crippen LogP contribution < -0.4 is 4.90 Å². The number of piperazine rings is 1. The minimum Gasteiger partial charge on any atom is -0.368 e. The number of hydrogen-bond donors (Lipinski definition) is 0. The van der Waals surface area contributed by atoms with E-state index in [2.05, 4.69) is 20.4 Å². The van der Waals surface area contributed by atoms with Crippen LogP contribution in [0.3, 0.4) is 0 Å². The molecule has 2 aromatic rings. The van der Waals surface area contributed by atoms with Gasteiger partial charge in [-0.05, 0) is 35.4 Å². The van der Waals surface area contributed by atoms with Crippen LogP contribution in [0.15, 0.2) is 29.4 Å². The summed E-state index contributed by atoms with van der Waals surface area (Å²) in [5.74, 6) is 0.402. The summed E-state index contributed by atoms with van der Waals surface area (Å²) in [4.78, 5) is 26.8. The lowest BCUT2D eigenvalue weighted by Gasteiger charge is -2.36. The molecule has 0 unspecified atom stereocenters. The first-order chi connectivity index (χ1) is 13.1. The van der Waals surface area contributed by atoms with Gasteiger partial charge >= 0.3 is 0 Å². The van der Waals surface area contributed by atoms with Gasteiger partial charge in [-0.2, -0.15) is 0 Å². The van der Waals surface area contributed by atoms with Crippen molar-refractivity contribution in [3.8, 4) is 0 Å². The molecular formula is C16H19N7O3S. The average molecular weight is 389 g/mol. The maximum Gasteiger partial charge on any atom is 0.269 e. The van der Waals surface area contributed by atoms with Gasteiger partial charge in [-0.15, -0.1) is 5.10 Å². The van der Waals surface area contributed by atoms with Gasteiger partial charge in [0.1, 0.15) is 0 Å². The number of anilines is 1. The normalized spacial score (nSPS) is 17.2. The standard InChI is InChI=1S/C16H19N7O3S/c24-15(11-27-16-17-18-19-22(16)13-3-4-13)21-9-7-20(8-10-21)12-1-5-14(6-2-12)23(25)26/h1-2,5-6,13H,3-4,7-11H2. The Labute approximate surface area is 159 Å². The largest absolute Gasteiger partial charge is 0.368 e. The zero-order chi connectivity index (χ0) is 18.8. The summed E-state index contributed by atoms with van der Waals surface area (Å²) < 4.78 is 1.81. The number of amides is 1. The van der Waals surface area contributed by atoms with Crippen molar-refractivity contribution in [3.63, 3.8) is 0 Å². The van der Waals surface area contributed by atoms with Crippen molar-refractivity contribution in [2.75, 3.05) is 36.8 Å². The highest BCUT2D eigenvalue weighted by molar-refractivity contribution is 7.99. The zero-order valence-corrected chi connectivity index (χ0v) is 15.4. The number of nitro groups is 1. The Bertz CT molecular complexity index is 829. The molecule has 0 radical (unpaired) electrons. The molecule has 2 aliphatic rings. The molecule has 11 heteroatoms. The number of non-ortho nitro benzene ring substituents is 1. The SMILES string of the molecule is O=C(CSc1nnnn1C1CC1)N1CCN(c2ccc([N+](=O)[O-])cc2)CC1. The highest BCUT2D eigenvalue weighted by Crippen LogP contribution is 2.36. The molecule has 0 N–H and O–H groups in total. The number of nitro benzene ring substituents is 1. The van der Waals surface area contributed by atoms with Gasteiger partial charge in [0.25, 0.3) is 5.69 Å². The molecule has 1 saturated heterocycles. The minimum absolute atomic E-state index is 0.0775. The molecule has 1 aliphatic heterocycles. The second-order valence-corrected chi connectivity index (χ2v) is 7.51. The monoisotopic (exact) mass is 389 g/mol. The highest BCUT2D eigenvalue weighted by Gasteiger charge is 2.29. The van der Waals surface area contributed by atoms with Crippen molar-refractivity contribution in [1.29, 1.82) is 0 Å². The quantitative estimate of drug-likeness (QED) is 0.414. The number of nitrogens with zero attached hydrogens (tertiary/aromatic N) is 7. The van der Waals surface area contributed by atoms with E-state index in [1.165, 1.54) is 23.9 Å². The molecule has 2 fully saturated rings. The Morgan fingerprint density at radius 2 is 1.89 bits per heavy atom. The van der Waals surface area contributed by atoms with E-state index in [9.17, 15) is 14.9 Å². The second kappa shape index (κ2) is 7.51. The number of carbonyl (C=O) groups excluding carboxylic acids is 1. The van der Waals surface area contributed by atoms with Gasteiger partial charge in [0.2, 0.25) is 11.1 Å². The fourth-order valence-corrected chi connectivity index (χ4v) is 3.89. The first-order valence-electron chi connectivity index (χ1n) is 8.79. The van der Waals surface area contributed by atoms with Crippen LogP contribution in [0.5, 0.6) is 0 Å². The Kier molecular flexibility index (Phi) is 4.92. The summed E-state index contributed by atoms with van der Waals surface area (Å²) in [7, 11) is 0. The first kappa shape index (κ1) is 17.7. The lowest BCUT2D eigenvalue weighted by molar-refractivity contribution is -0.384. The summed E-state index contributed by atoms with van der Waals surface area (Å²) in [6.45, 7) is 2.66. The van der Waals surface area contributed by atoms with E-state index in [1.54, 1.807) is 12.1 Å². The number of aromatic nitrogens is 4. The summed E-state index contributed by atoms with van der Waals surface area (Å²) in [6.07, 6.45) is 2.19. The van der Waals surface area contributed by atoms with E-state index in [-0.39, 0.29) is 11.6 Å². The van der Waals surface area contributed by atoms with Gasteiger partial charge in [0.15, 0.2) is 0 Å².